The average Bonchev–Trinajstić information content (AvgIpc) is 2.92. The van der Waals surface area contributed by atoms with Gasteiger partial charge in [0.25, 0.3) is 5.69 Å². The Kier molecular flexibility index (Phi) is 9.13. The van der Waals surface area contributed by atoms with Crippen LogP contribution in [0.5, 0.6) is 5.75 Å². The summed E-state index contributed by atoms with van der Waals surface area (Å²) >= 11 is 0. The zero-order valence-corrected chi connectivity index (χ0v) is 21.9. The number of likely N-dealkylation sites (tertiary alicyclic amines) is 1. The average molecular weight is 550 g/mol. The van der Waals surface area contributed by atoms with E-state index in [1.165, 1.54) is 6.07 Å². The van der Waals surface area contributed by atoms with E-state index in [-0.39, 0.29) is 23.9 Å². The van der Waals surface area contributed by atoms with Crippen LogP contribution >= 0.6 is 0 Å². The molecule has 1 aromatic carbocycles. The Morgan fingerprint density at radius 3 is 2.49 bits per heavy atom. The second kappa shape index (κ2) is 12.5. The van der Waals surface area contributed by atoms with E-state index in [1.54, 1.807) is 13.2 Å². The van der Waals surface area contributed by atoms with Crippen molar-refractivity contribution in [3.8, 4) is 5.75 Å². The van der Waals surface area contributed by atoms with Crippen LogP contribution < -0.4 is 15.4 Å². The highest BCUT2D eigenvalue weighted by atomic mass is 19.4. The molecule has 39 heavy (non-hydrogen) atoms. The van der Waals surface area contributed by atoms with Crippen molar-refractivity contribution >= 4 is 17.4 Å². The first kappa shape index (κ1) is 28.4. The molecule has 2 aromatic rings. The molecule has 9 nitrogen and oxygen atoms in total. The molecule has 1 saturated carbocycles. The van der Waals surface area contributed by atoms with Crippen molar-refractivity contribution in [1.82, 2.24) is 15.2 Å². The standard InChI is InChI=1S/C27H34F3N5O4/c1-31-26(36)34-12-10-18(11-13-34)2-3-19-14-23(17-32-16-19)39-22-7-4-20(5-8-22)33-21-6-9-25(35(37)38)24(15-21)27(28,29)30/h6,9,14-18,20,22,33H,2-5,7-8,10-13H2,1H3,(H,31,36)/t20-,22-. The number of aromatic nitrogens is 1. The van der Waals surface area contributed by atoms with Crippen molar-refractivity contribution in [3.05, 3.63) is 57.9 Å². The Labute approximate surface area is 225 Å². The number of amides is 2. The maximum Gasteiger partial charge on any atom is 0.423 e. The first-order valence-corrected chi connectivity index (χ1v) is 13.3. The molecule has 2 fully saturated rings. The highest BCUT2D eigenvalue weighted by molar-refractivity contribution is 5.73. The summed E-state index contributed by atoms with van der Waals surface area (Å²) in [6, 6.07) is 4.97. The van der Waals surface area contributed by atoms with Crippen LogP contribution in [0.25, 0.3) is 0 Å². The summed E-state index contributed by atoms with van der Waals surface area (Å²) < 4.78 is 46.0. The molecule has 0 bridgehead atoms. The number of carbonyl (C=O) groups is 1. The zero-order valence-electron chi connectivity index (χ0n) is 21.9. The van der Waals surface area contributed by atoms with E-state index >= 15 is 0 Å². The summed E-state index contributed by atoms with van der Waals surface area (Å²) in [6.07, 6.45) is 5.49. The van der Waals surface area contributed by atoms with Gasteiger partial charge in [-0.1, -0.05) is 0 Å². The molecule has 2 amide bonds. The number of nitro benzene ring substituents is 1. The summed E-state index contributed by atoms with van der Waals surface area (Å²) in [4.78, 5) is 27.9. The first-order chi connectivity index (χ1) is 18.6. The van der Waals surface area contributed by atoms with E-state index in [9.17, 15) is 28.1 Å². The molecule has 1 aromatic heterocycles. The van der Waals surface area contributed by atoms with E-state index < -0.39 is 22.4 Å². The van der Waals surface area contributed by atoms with E-state index in [2.05, 4.69) is 15.6 Å². The van der Waals surface area contributed by atoms with Gasteiger partial charge in [0.2, 0.25) is 0 Å². The van der Waals surface area contributed by atoms with Crippen LogP contribution in [0.4, 0.5) is 29.3 Å². The number of nitro groups is 1. The summed E-state index contributed by atoms with van der Waals surface area (Å²) in [6.45, 7) is 1.55. The molecule has 212 valence electrons. The monoisotopic (exact) mass is 549 g/mol. The van der Waals surface area contributed by atoms with Gasteiger partial charge in [0.15, 0.2) is 0 Å². The lowest BCUT2D eigenvalue weighted by Gasteiger charge is -2.31. The molecule has 2 N–H and O–H groups in total. The lowest BCUT2D eigenvalue weighted by atomic mass is 9.91. The first-order valence-electron chi connectivity index (χ1n) is 13.3. The van der Waals surface area contributed by atoms with Crippen LogP contribution in [0.2, 0.25) is 0 Å². The van der Waals surface area contributed by atoms with Gasteiger partial charge in [-0.3, -0.25) is 15.1 Å². The molecule has 0 atom stereocenters. The molecule has 0 radical (unpaired) electrons. The molecule has 1 aliphatic carbocycles. The molecule has 1 aliphatic heterocycles. The third-order valence-corrected chi connectivity index (χ3v) is 7.57. The van der Waals surface area contributed by atoms with Crippen molar-refractivity contribution in [1.29, 1.82) is 0 Å². The van der Waals surface area contributed by atoms with Gasteiger partial charge < -0.3 is 20.3 Å². The summed E-state index contributed by atoms with van der Waals surface area (Å²) in [7, 11) is 1.65. The topological polar surface area (TPSA) is 110 Å². The van der Waals surface area contributed by atoms with Gasteiger partial charge in [0, 0.05) is 44.1 Å². The maximum atomic E-state index is 13.3. The van der Waals surface area contributed by atoms with E-state index in [1.807, 2.05) is 17.2 Å². The second-order valence-corrected chi connectivity index (χ2v) is 10.3. The number of nitrogens with one attached hydrogen (secondary N) is 2. The fourth-order valence-corrected chi connectivity index (χ4v) is 5.38. The highest BCUT2D eigenvalue weighted by Gasteiger charge is 2.38. The minimum absolute atomic E-state index is 0.0169. The van der Waals surface area contributed by atoms with Crippen LogP contribution in [-0.2, 0) is 12.6 Å². The largest absolute Gasteiger partial charge is 0.489 e. The van der Waals surface area contributed by atoms with Crippen molar-refractivity contribution in [2.24, 2.45) is 5.92 Å². The number of nitrogens with zero attached hydrogens (tertiary/aromatic N) is 3. The van der Waals surface area contributed by atoms with Gasteiger partial charge in [0.05, 0.1) is 17.2 Å². The Morgan fingerprint density at radius 1 is 1.13 bits per heavy atom. The van der Waals surface area contributed by atoms with Gasteiger partial charge in [-0.05, 0) is 81.0 Å². The second-order valence-electron chi connectivity index (χ2n) is 10.3. The Balaban J connectivity index is 1.24. The number of anilines is 1. The molecule has 0 spiro atoms. The van der Waals surface area contributed by atoms with Crippen LogP contribution in [0.15, 0.2) is 36.7 Å². The molecule has 4 rings (SSSR count). The van der Waals surface area contributed by atoms with Crippen molar-refractivity contribution in [2.75, 3.05) is 25.5 Å². The number of halogens is 3. The third kappa shape index (κ3) is 7.73. The minimum Gasteiger partial charge on any atom is -0.489 e. The van der Waals surface area contributed by atoms with Crippen molar-refractivity contribution in [2.45, 2.75) is 69.7 Å². The van der Waals surface area contributed by atoms with Crippen LogP contribution in [0.3, 0.4) is 0 Å². The van der Waals surface area contributed by atoms with Gasteiger partial charge in [-0.25, -0.2) is 4.79 Å². The van der Waals surface area contributed by atoms with E-state index in [0.717, 1.165) is 69.3 Å². The summed E-state index contributed by atoms with van der Waals surface area (Å²) in [5.74, 6) is 1.28. The fraction of sp³-hybridized carbons (Fsp3) is 0.556. The zero-order chi connectivity index (χ0) is 28.0. The van der Waals surface area contributed by atoms with Crippen LogP contribution in [-0.4, -0.2) is 53.1 Å². The number of urea groups is 1. The Bertz CT molecular complexity index is 1150. The third-order valence-electron chi connectivity index (χ3n) is 7.57. The summed E-state index contributed by atoms with van der Waals surface area (Å²) in [5, 5.41) is 16.8. The molecular weight excluding hydrogens is 515 g/mol. The Morgan fingerprint density at radius 2 is 1.85 bits per heavy atom. The number of alkyl halides is 3. The normalized spacial score (nSPS) is 20.4. The van der Waals surface area contributed by atoms with E-state index in [4.69, 9.17) is 4.74 Å². The lowest BCUT2D eigenvalue weighted by molar-refractivity contribution is -0.388. The maximum absolute atomic E-state index is 13.3. The number of carbonyl (C=O) groups excluding carboxylic acids is 1. The quantitative estimate of drug-likeness (QED) is 0.318. The van der Waals surface area contributed by atoms with Crippen molar-refractivity contribution < 1.29 is 27.6 Å². The Hall–Kier alpha value is -3.57. The number of hydrogen-bond donors (Lipinski definition) is 2. The molecular formula is C27H34F3N5O4. The molecule has 12 heteroatoms. The van der Waals surface area contributed by atoms with Crippen LogP contribution in [0, 0.1) is 16.0 Å². The lowest BCUT2D eigenvalue weighted by Crippen LogP contribution is -2.43. The predicted molar refractivity (Wildman–Crippen MR) is 140 cm³/mol. The SMILES string of the molecule is CNC(=O)N1CCC(CCc2cncc(O[C@H]3CC[C@H](Nc4ccc([N+](=O)[O-])c(C(F)(F)F)c4)CC3)c2)CC1. The number of pyridine rings is 1. The summed E-state index contributed by atoms with van der Waals surface area (Å²) in [5.41, 5.74) is -0.882. The number of rotatable bonds is 8. The van der Waals surface area contributed by atoms with Gasteiger partial charge >= 0.3 is 12.2 Å². The van der Waals surface area contributed by atoms with E-state index in [0.29, 0.717) is 24.5 Å². The molecule has 1 saturated heterocycles. The molecule has 2 aliphatic rings. The predicted octanol–water partition coefficient (Wildman–Crippen LogP) is 5.79. The molecule has 0 unspecified atom stereocenters. The number of aryl methyl sites for hydroxylation is 1. The van der Waals surface area contributed by atoms with Gasteiger partial charge in [-0.2, -0.15) is 13.2 Å². The molecule has 2 heterocycles. The van der Waals surface area contributed by atoms with Crippen molar-refractivity contribution in [3.63, 3.8) is 0 Å². The van der Waals surface area contributed by atoms with Gasteiger partial charge in [0.1, 0.15) is 11.3 Å². The number of benzene rings is 1. The smallest absolute Gasteiger partial charge is 0.423 e. The number of ether oxygens (including phenoxy) is 1. The minimum atomic E-state index is -4.81. The fourth-order valence-electron chi connectivity index (χ4n) is 5.38. The number of hydrogen-bond acceptors (Lipinski definition) is 6. The number of piperidine rings is 1. The van der Waals surface area contributed by atoms with Crippen LogP contribution in [0.1, 0.15) is 56.1 Å². The highest BCUT2D eigenvalue weighted by Crippen LogP contribution is 2.38. The van der Waals surface area contributed by atoms with Gasteiger partial charge in [-0.15, -0.1) is 0 Å².